The topological polar surface area (TPSA) is 70.1 Å². The van der Waals surface area contributed by atoms with E-state index in [2.05, 4.69) is 4.74 Å². The standard InChI is InChI=1S/C15H18F2N2O4/c1-18(9-13(20)21)12-3-2-8-19(14(12)22)10-4-6-11(7-5-10)23-15(16)17/h4-7,12,15H,2-3,8-9H2,1H3,(H,20,21). The van der Waals surface area contributed by atoms with Crippen molar-refractivity contribution in [3.8, 4) is 5.75 Å². The Hall–Kier alpha value is -2.22. The Morgan fingerprint density at radius 2 is 2.09 bits per heavy atom. The van der Waals surface area contributed by atoms with Gasteiger partial charge >= 0.3 is 12.6 Å². The monoisotopic (exact) mass is 328 g/mol. The van der Waals surface area contributed by atoms with Crippen molar-refractivity contribution >= 4 is 17.6 Å². The van der Waals surface area contributed by atoms with Gasteiger partial charge in [-0.05, 0) is 44.2 Å². The van der Waals surface area contributed by atoms with Gasteiger partial charge in [-0.15, -0.1) is 0 Å². The molecule has 1 amide bonds. The summed E-state index contributed by atoms with van der Waals surface area (Å²) in [7, 11) is 1.60. The zero-order valence-electron chi connectivity index (χ0n) is 12.6. The minimum Gasteiger partial charge on any atom is -0.480 e. The molecular weight excluding hydrogens is 310 g/mol. The van der Waals surface area contributed by atoms with Gasteiger partial charge in [-0.1, -0.05) is 0 Å². The second-order valence-corrected chi connectivity index (χ2v) is 5.33. The van der Waals surface area contributed by atoms with E-state index in [0.29, 0.717) is 18.7 Å². The number of carbonyl (C=O) groups excluding carboxylic acids is 1. The number of aliphatic carboxylic acids is 1. The van der Waals surface area contributed by atoms with Gasteiger partial charge in [-0.2, -0.15) is 8.78 Å². The summed E-state index contributed by atoms with van der Waals surface area (Å²) in [5, 5.41) is 8.84. The molecule has 6 nitrogen and oxygen atoms in total. The number of piperidine rings is 1. The quantitative estimate of drug-likeness (QED) is 0.862. The van der Waals surface area contributed by atoms with E-state index < -0.39 is 18.6 Å². The molecule has 1 heterocycles. The van der Waals surface area contributed by atoms with Crippen molar-refractivity contribution in [2.75, 3.05) is 25.0 Å². The highest BCUT2D eigenvalue weighted by atomic mass is 19.3. The van der Waals surface area contributed by atoms with Crippen LogP contribution in [0.5, 0.6) is 5.75 Å². The zero-order valence-corrected chi connectivity index (χ0v) is 12.6. The van der Waals surface area contributed by atoms with Gasteiger partial charge < -0.3 is 14.7 Å². The Balaban J connectivity index is 2.09. The summed E-state index contributed by atoms with van der Waals surface area (Å²) in [4.78, 5) is 26.4. The van der Waals surface area contributed by atoms with Crippen LogP contribution in [-0.2, 0) is 9.59 Å². The summed E-state index contributed by atoms with van der Waals surface area (Å²) in [6.45, 7) is -2.61. The van der Waals surface area contributed by atoms with Gasteiger partial charge in [0, 0.05) is 12.2 Å². The van der Waals surface area contributed by atoms with Crippen LogP contribution in [0.15, 0.2) is 24.3 Å². The third-order valence-electron chi connectivity index (χ3n) is 3.70. The fourth-order valence-corrected chi connectivity index (χ4v) is 2.65. The molecule has 126 valence electrons. The molecule has 8 heteroatoms. The van der Waals surface area contributed by atoms with Gasteiger partial charge in [0.1, 0.15) is 5.75 Å². The average molecular weight is 328 g/mol. The lowest BCUT2D eigenvalue weighted by atomic mass is 10.0. The van der Waals surface area contributed by atoms with Crippen molar-refractivity contribution < 1.29 is 28.2 Å². The molecule has 1 aromatic carbocycles. The molecule has 1 aliphatic rings. The maximum atomic E-state index is 12.6. The van der Waals surface area contributed by atoms with Gasteiger partial charge in [-0.25, -0.2) is 0 Å². The van der Waals surface area contributed by atoms with Crippen LogP contribution in [0.2, 0.25) is 0 Å². The lowest BCUT2D eigenvalue weighted by Gasteiger charge is -2.36. The highest BCUT2D eigenvalue weighted by molar-refractivity contribution is 5.98. The Bertz CT molecular complexity index is 565. The molecule has 1 fully saturated rings. The van der Waals surface area contributed by atoms with Crippen molar-refractivity contribution in [2.24, 2.45) is 0 Å². The molecule has 1 aliphatic heterocycles. The smallest absolute Gasteiger partial charge is 0.387 e. The predicted molar refractivity (Wildman–Crippen MR) is 78.7 cm³/mol. The minimum atomic E-state index is -2.90. The number of alkyl halides is 2. The van der Waals surface area contributed by atoms with Gasteiger partial charge in [-0.3, -0.25) is 14.5 Å². The first-order valence-electron chi connectivity index (χ1n) is 7.17. The molecule has 0 radical (unpaired) electrons. The number of nitrogens with zero attached hydrogens (tertiary/aromatic N) is 2. The highest BCUT2D eigenvalue weighted by Crippen LogP contribution is 2.25. The molecule has 0 spiro atoms. The summed E-state index contributed by atoms with van der Waals surface area (Å²) in [6.07, 6.45) is 1.32. The number of hydrogen-bond donors (Lipinski definition) is 1. The molecule has 1 unspecified atom stereocenters. The highest BCUT2D eigenvalue weighted by Gasteiger charge is 2.33. The number of likely N-dealkylation sites (N-methyl/N-ethyl adjacent to an activating group) is 1. The SMILES string of the molecule is CN(CC(=O)O)C1CCCN(c2ccc(OC(F)F)cc2)C1=O. The van der Waals surface area contributed by atoms with E-state index in [4.69, 9.17) is 5.11 Å². The first-order chi connectivity index (χ1) is 10.9. The van der Waals surface area contributed by atoms with Gasteiger partial charge in [0.05, 0.1) is 12.6 Å². The van der Waals surface area contributed by atoms with E-state index in [9.17, 15) is 18.4 Å². The number of carboxylic acids is 1. The van der Waals surface area contributed by atoms with Crippen LogP contribution >= 0.6 is 0 Å². The number of benzene rings is 1. The van der Waals surface area contributed by atoms with Crippen LogP contribution in [0.3, 0.4) is 0 Å². The summed E-state index contributed by atoms with van der Waals surface area (Å²) >= 11 is 0. The Morgan fingerprint density at radius 1 is 1.43 bits per heavy atom. The summed E-state index contributed by atoms with van der Waals surface area (Å²) in [6, 6.07) is 5.32. The third kappa shape index (κ3) is 4.38. The summed E-state index contributed by atoms with van der Waals surface area (Å²) in [5.74, 6) is -1.17. The van der Waals surface area contributed by atoms with E-state index in [1.807, 2.05) is 0 Å². The summed E-state index contributed by atoms with van der Waals surface area (Å²) < 4.78 is 28.6. The number of hydrogen-bond acceptors (Lipinski definition) is 4. The second-order valence-electron chi connectivity index (χ2n) is 5.33. The Labute approximate surface area is 132 Å². The Morgan fingerprint density at radius 3 is 2.65 bits per heavy atom. The first kappa shape index (κ1) is 17.1. The molecule has 2 rings (SSSR count). The lowest BCUT2D eigenvalue weighted by Crippen LogP contribution is -2.52. The van der Waals surface area contributed by atoms with E-state index in [0.717, 1.165) is 6.42 Å². The number of rotatable bonds is 6. The maximum Gasteiger partial charge on any atom is 0.387 e. The van der Waals surface area contributed by atoms with Crippen LogP contribution in [0, 0.1) is 0 Å². The molecule has 1 N–H and O–H groups in total. The van der Waals surface area contributed by atoms with E-state index >= 15 is 0 Å². The van der Waals surface area contributed by atoms with Gasteiger partial charge in [0.15, 0.2) is 0 Å². The molecule has 23 heavy (non-hydrogen) atoms. The maximum absolute atomic E-state index is 12.6. The molecule has 1 atom stereocenters. The van der Waals surface area contributed by atoms with E-state index in [1.54, 1.807) is 11.9 Å². The molecule has 1 saturated heterocycles. The Kier molecular flexibility index (Phi) is 5.49. The molecule has 1 aromatic rings. The number of carboxylic acid groups (broad SMARTS) is 1. The second kappa shape index (κ2) is 7.36. The normalized spacial score (nSPS) is 18.6. The number of anilines is 1. The largest absolute Gasteiger partial charge is 0.480 e. The van der Waals surface area contributed by atoms with Gasteiger partial charge in [0.2, 0.25) is 5.91 Å². The average Bonchev–Trinajstić information content (AvgIpc) is 2.47. The molecule has 0 bridgehead atoms. The van der Waals surface area contributed by atoms with E-state index in [-0.39, 0.29) is 18.2 Å². The molecule has 0 saturated carbocycles. The molecule has 0 aromatic heterocycles. The van der Waals surface area contributed by atoms with Gasteiger partial charge in [0.25, 0.3) is 0 Å². The number of halogens is 2. The molecular formula is C15H18F2N2O4. The van der Waals surface area contributed by atoms with Crippen LogP contribution in [0.25, 0.3) is 0 Å². The van der Waals surface area contributed by atoms with Crippen molar-refractivity contribution in [1.29, 1.82) is 0 Å². The van der Waals surface area contributed by atoms with Crippen LogP contribution in [0.1, 0.15) is 12.8 Å². The number of amides is 1. The zero-order chi connectivity index (χ0) is 17.0. The van der Waals surface area contributed by atoms with Crippen molar-refractivity contribution in [2.45, 2.75) is 25.5 Å². The fraction of sp³-hybridized carbons (Fsp3) is 0.467. The van der Waals surface area contributed by atoms with Crippen LogP contribution in [-0.4, -0.2) is 54.7 Å². The van der Waals surface area contributed by atoms with Crippen molar-refractivity contribution in [1.82, 2.24) is 4.90 Å². The van der Waals surface area contributed by atoms with Crippen molar-refractivity contribution in [3.05, 3.63) is 24.3 Å². The molecule has 0 aliphatic carbocycles. The first-order valence-corrected chi connectivity index (χ1v) is 7.17. The van der Waals surface area contributed by atoms with E-state index in [1.165, 1.54) is 29.2 Å². The minimum absolute atomic E-state index is 0.0211. The number of ether oxygens (including phenoxy) is 1. The third-order valence-corrected chi connectivity index (χ3v) is 3.70. The predicted octanol–water partition coefficient (Wildman–Crippen LogP) is 1.80. The number of carbonyl (C=O) groups is 2. The fourth-order valence-electron chi connectivity index (χ4n) is 2.65. The van der Waals surface area contributed by atoms with Crippen LogP contribution in [0.4, 0.5) is 14.5 Å². The lowest BCUT2D eigenvalue weighted by molar-refractivity contribution is -0.139. The summed E-state index contributed by atoms with van der Waals surface area (Å²) in [5.41, 5.74) is 0.574. The van der Waals surface area contributed by atoms with Crippen molar-refractivity contribution in [3.63, 3.8) is 0 Å². The van der Waals surface area contributed by atoms with Crippen LogP contribution < -0.4 is 9.64 Å².